The van der Waals surface area contributed by atoms with Gasteiger partial charge in [0.15, 0.2) is 0 Å². The molecule has 2 aliphatic carbocycles. The smallest absolute Gasteiger partial charge is 0.234 e. The van der Waals surface area contributed by atoms with Gasteiger partial charge >= 0.3 is 0 Å². The predicted molar refractivity (Wildman–Crippen MR) is 91.5 cm³/mol. The van der Waals surface area contributed by atoms with E-state index in [0.717, 1.165) is 12.0 Å². The summed E-state index contributed by atoms with van der Waals surface area (Å²) in [7, 11) is 0. The van der Waals surface area contributed by atoms with E-state index in [1.165, 1.54) is 4.90 Å². The van der Waals surface area contributed by atoms with Crippen molar-refractivity contribution >= 4 is 11.8 Å². The number of hydrogen-bond donors (Lipinski definition) is 1. The van der Waals surface area contributed by atoms with Crippen molar-refractivity contribution < 1.29 is 24.2 Å². The third-order valence-electron chi connectivity index (χ3n) is 5.53. The first kappa shape index (κ1) is 18.3. The molecule has 2 bridgehead atoms. The molecule has 5 atom stereocenters. The van der Waals surface area contributed by atoms with Crippen molar-refractivity contribution in [2.45, 2.75) is 25.8 Å². The number of fused-ring (bicyclic) bond motifs is 5. The lowest BCUT2D eigenvalue weighted by Crippen LogP contribution is -2.43. The number of nitrogens with zero attached hydrogens (tertiary/aromatic N) is 1. The quantitative estimate of drug-likeness (QED) is 0.364. The summed E-state index contributed by atoms with van der Waals surface area (Å²) in [6.45, 7) is 7.40. The number of likely N-dealkylation sites (tertiary alicyclic amines) is 1. The lowest BCUT2D eigenvalue weighted by molar-refractivity contribution is -0.143. The van der Waals surface area contributed by atoms with Gasteiger partial charge in [0, 0.05) is 6.61 Å². The highest BCUT2D eigenvalue weighted by atomic mass is 16.5. The van der Waals surface area contributed by atoms with E-state index in [4.69, 9.17) is 14.6 Å². The van der Waals surface area contributed by atoms with E-state index in [-0.39, 0.29) is 48.1 Å². The van der Waals surface area contributed by atoms with Crippen LogP contribution < -0.4 is 0 Å². The Hall–Kier alpha value is -1.50. The van der Waals surface area contributed by atoms with E-state index in [9.17, 15) is 9.59 Å². The number of carbonyl (C=O) groups is 2. The molecule has 2 amide bonds. The first-order valence-electron chi connectivity index (χ1n) is 9.03. The summed E-state index contributed by atoms with van der Waals surface area (Å²) in [6, 6.07) is -0.302. The molecule has 3 aliphatic rings. The van der Waals surface area contributed by atoms with Crippen molar-refractivity contribution in [2.75, 3.05) is 33.0 Å². The summed E-state index contributed by atoms with van der Waals surface area (Å²) in [6.07, 6.45) is 5.70. The molecule has 0 radical (unpaired) electrons. The summed E-state index contributed by atoms with van der Waals surface area (Å²) >= 11 is 0. The standard InChI is InChI=1S/C19H27NO5/c1-12(2)15(5-7-24-9-10-25-8-6-21)20-18(22)16-13-3-4-14(11-13)17(16)19(20)23/h3-4,13-17,21H,1,5-11H2,2H3. The Morgan fingerprint density at radius 3 is 2.24 bits per heavy atom. The molecule has 0 aromatic carbocycles. The first-order chi connectivity index (χ1) is 12.1. The van der Waals surface area contributed by atoms with Crippen LogP contribution in [0.3, 0.4) is 0 Å². The SMILES string of the molecule is C=C(C)C(CCOCCOCCO)N1C(=O)C2C3C=CC(C3)C2C1=O. The minimum Gasteiger partial charge on any atom is -0.394 e. The van der Waals surface area contributed by atoms with Crippen molar-refractivity contribution in [3.63, 3.8) is 0 Å². The lowest BCUT2D eigenvalue weighted by atomic mass is 9.85. The van der Waals surface area contributed by atoms with Crippen molar-refractivity contribution in [3.05, 3.63) is 24.3 Å². The second kappa shape index (κ2) is 7.81. The van der Waals surface area contributed by atoms with Gasteiger partial charge in [0.2, 0.25) is 11.8 Å². The summed E-state index contributed by atoms with van der Waals surface area (Å²) in [5.74, 6) is 0.0378. The van der Waals surface area contributed by atoms with Crippen molar-refractivity contribution in [3.8, 4) is 0 Å². The molecule has 0 spiro atoms. The van der Waals surface area contributed by atoms with E-state index in [2.05, 4.69) is 18.7 Å². The molecule has 1 saturated heterocycles. The van der Waals surface area contributed by atoms with Gasteiger partial charge < -0.3 is 14.6 Å². The third-order valence-corrected chi connectivity index (χ3v) is 5.53. The van der Waals surface area contributed by atoms with Crippen LogP contribution in [0.15, 0.2) is 24.3 Å². The average molecular weight is 349 g/mol. The van der Waals surface area contributed by atoms with Gasteiger partial charge in [0.1, 0.15) is 0 Å². The fourth-order valence-corrected chi connectivity index (χ4v) is 4.41. The molecule has 0 aromatic heterocycles. The minimum atomic E-state index is -0.302. The van der Waals surface area contributed by atoms with Crippen LogP contribution in [0.4, 0.5) is 0 Å². The van der Waals surface area contributed by atoms with Crippen molar-refractivity contribution in [2.24, 2.45) is 23.7 Å². The van der Waals surface area contributed by atoms with Crippen LogP contribution in [0.25, 0.3) is 0 Å². The van der Waals surface area contributed by atoms with Crippen LogP contribution in [-0.2, 0) is 19.1 Å². The molecule has 6 nitrogen and oxygen atoms in total. The highest BCUT2D eigenvalue weighted by Gasteiger charge is 2.60. The van der Waals surface area contributed by atoms with Crippen LogP contribution >= 0.6 is 0 Å². The highest BCUT2D eigenvalue weighted by molar-refractivity contribution is 6.07. The molecule has 2 fully saturated rings. The van der Waals surface area contributed by atoms with E-state index in [1.54, 1.807) is 0 Å². The lowest BCUT2D eigenvalue weighted by Gasteiger charge is -2.28. The maximum atomic E-state index is 12.9. The molecule has 0 aromatic rings. The maximum absolute atomic E-state index is 12.9. The molecule has 1 heterocycles. The second-order valence-electron chi connectivity index (χ2n) is 7.15. The Morgan fingerprint density at radius 2 is 1.72 bits per heavy atom. The number of carbonyl (C=O) groups excluding carboxylic acids is 2. The average Bonchev–Trinajstić information content (AvgIpc) is 3.25. The number of imide groups is 1. The van der Waals surface area contributed by atoms with Gasteiger partial charge in [0.05, 0.1) is 44.3 Å². The summed E-state index contributed by atoms with van der Waals surface area (Å²) in [5.41, 5.74) is 0.808. The maximum Gasteiger partial charge on any atom is 0.234 e. The molecule has 25 heavy (non-hydrogen) atoms. The predicted octanol–water partition coefficient (Wildman–Crippen LogP) is 1.15. The Bertz CT molecular complexity index is 542. The summed E-state index contributed by atoms with van der Waals surface area (Å²) in [5, 5.41) is 8.63. The molecule has 5 unspecified atom stereocenters. The molecule has 6 heteroatoms. The van der Waals surface area contributed by atoms with Crippen molar-refractivity contribution in [1.29, 1.82) is 0 Å². The number of hydrogen-bond acceptors (Lipinski definition) is 5. The van der Waals surface area contributed by atoms with Crippen LogP contribution in [0, 0.1) is 23.7 Å². The number of aliphatic hydroxyl groups excluding tert-OH is 1. The molecule has 1 aliphatic heterocycles. The van der Waals surface area contributed by atoms with Gasteiger partial charge in [0.25, 0.3) is 0 Å². The van der Waals surface area contributed by atoms with E-state index >= 15 is 0 Å². The molecule has 1 N–H and O–H groups in total. The minimum absolute atomic E-state index is 0.00387. The first-order valence-corrected chi connectivity index (χ1v) is 9.03. The number of rotatable bonds is 10. The molecule has 138 valence electrons. The fourth-order valence-electron chi connectivity index (χ4n) is 4.41. The Balaban J connectivity index is 1.55. The van der Waals surface area contributed by atoms with Gasteiger partial charge in [-0.25, -0.2) is 0 Å². The van der Waals surface area contributed by atoms with E-state index < -0.39 is 0 Å². The number of ether oxygens (including phenoxy) is 2. The molecule has 3 rings (SSSR count). The largest absolute Gasteiger partial charge is 0.394 e. The topological polar surface area (TPSA) is 76.1 Å². The van der Waals surface area contributed by atoms with Gasteiger partial charge in [-0.3, -0.25) is 14.5 Å². The summed E-state index contributed by atoms with van der Waals surface area (Å²) in [4.78, 5) is 27.2. The van der Waals surface area contributed by atoms with Crippen LogP contribution in [0.2, 0.25) is 0 Å². The zero-order valence-corrected chi connectivity index (χ0v) is 14.7. The second-order valence-corrected chi connectivity index (χ2v) is 7.15. The fraction of sp³-hybridized carbons (Fsp3) is 0.684. The van der Waals surface area contributed by atoms with Crippen LogP contribution in [0.1, 0.15) is 19.8 Å². The Kier molecular flexibility index (Phi) is 5.71. The van der Waals surface area contributed by atoms with E-state index in [0.29, 0.717) is 32.8 Å². The number of amides is 2. The zero-order valence-electron chi connectivity index (χ0n) is 14.7. The molecule has 1 saturated carbocycles. The molecular formula is C19H27NO5. The van der Waals surface area contributed by atoms with Gasteiger partial charge in [-0.2, -0.15) is 0 Å². The van der Waals surface area contributed by atoms with Crippen LogP contribution in [0.5, 0.6) is 0 Å². The van der Waals surface area contributed by atoms with Gasteiger partial charge in [-0.05, 0) is 31.6 Å². The Morgan fingerprint density at radius 1 is 1.16 bits per heavy atom. The number of aliphatic hydroxyl groups is 1. The molecular weight excluding hydrogens is 322 g/mol. The highest BCUT2D eigenvalue weighted by Crippen LogP contribution is 2.53. The Labute approximate surface area is 148 Å². The van der Waals surface area contributed by atoms with Gasteiger partial charge in [-0.1, -0.05) is 24.3 Å². The van der Waals surface area contributed by atoms with Gasteiger partial charge in [-0.15, -0.1) is 0 Å². The van der Waals surface area contributed by atoms with Crippen molar-refractivity contribution in [1.82, 2.24) is 4.90 Å². The normalized spacial score (nSPS) is 31.0. The monoisotopic (exact) mass is 349 g/mol. The van der Waals surface area contributed by atoms with Crippen LogP contribution in [-0.4, -0.2) is 60.9 Å². The number of allylic oxidation sites excluding steroid dienone is 2. The third kappa shape index (κ3) is 3.43. The van der Waals surface area contributed by atoms with E-state index in [1.807, 2.05) is 6.92 Å². The zero-order chi connectivity index (χ0) is 18.0. The summed E-state index contributed by atoms with van der Waals surface area (Å²) < 4.78 is 10.7.